The van der Waals surface area contributed by atoms with Crippen LogP contribution in [0, 0.1) is 0 Å². The molecule has 1 aromatic carbocycles. The Bertz CT molecular complexity index is 741. The molecule has 0 spiro atoms. The smallest absolute Gasteiger partial charge is 0.379 e. The van der Waals surface area contributed by atoms with Crippen LogP contribution < -0.4 is 9.04 Å². The first kappa shape index (κ1) is 16.7. The number of ether oxygens (including phenoxy) is 1. The maximum absolute atomic E-state index is 11.8. The Morgan fingerprint density at radius 3 is 2.36 bits per heavy atom. The molecule has 0 saturated carbocycles. The lowest BCUT2D eigenvalue weighted by molar-refractivity contribution is 0.0701. The fourth-order valence-electron chi connectivity index (χ4n) is 1.54. The number of alkyl halides is 2. The molecule has 2 rings (SSSR count). The summed E-state index contributed by atoms with van der Waals surface area (Å²) in [5.74, 6) is -0.347. The van der Waals surface area contributed by atoms with Crippen LogP contribution in [0.15, 0.2) is 47.1 Å². The second kappa shape index (κ2) is 6.60. The van der Waals surface area contributed by atoms with E-state index >= 15 is 0 Å². The average molecular weight is 364 g/mol. The largest absolute Gasteiger partial charge is 0.457 e. The van der Waals surface area contributed by atoms with E-state index in [1.807, 2.05) is 0 Å². The number of hydrogen-bond acceptors (Lipinski definition) is 5. The van der Waals surface area contributed by atoms with Crippen LogP contribution in [0.3, 0.4) is 0 Å². The molecule has 6 nitrogen and oxygen atoms in total. The van der Waals surface area contributed by atoms with E-state index in [1.54, 1.807) is 6.07 Å². The van der Waals surface area contributed by atoms with E-state index in [1.165, 1.54) is 43.6 Å². The normalized spacial score (nSPS) is 11.5. The van der Waals surface area contributed by atoms with Gasteiger partial charge in [0.1, 0.15) is 5.75 Å². The molecule has 0 aliphatic carbocycles. The van der Waals surface area contributed by atoms with Crippen molar-refractivity contribution in [2.45, 2.75) is 4.17 Å². The van der Waals surface area contributed by atoms with Gasteiger partial charge in [-0.3, -0.25) is 4.31 Å². The molecule has 0 saturated heterocycles. The molecular weight excluding hydrogens is 353 g/mol. The van der Waals surface area contributed by atoms with Gasteiger partial charge in [0.25, 0.3) is 10.0 Å². The standard InChI is InChI=1S/C13H11Cl2NO5S/c1-16(22(18,19)13(14)15)9-4-6-10(7-5-9)21-12(17)11-3-2-8-20-11/h2-8,13H,1H3. The molecule has 0 unspecified atom stereocenters. The zero-order chi connectivity index (χ0) is 16.3. The van der Waals surface area contributed by atoms with Crippen molar-refractivity contribution in [3.8, 4) is 5.75 Å². The quantitative estimate of drug-likeness (QED) is 0.463. The van der Waals surface area contributed by atoms with Gasteiger partial charge in [0, 0.05) is 7.05 Å². The van der Waals surface area contributed by atoms with E-state index in [-0.39, 0.29) is 11.5 Å². The highest BCUT2D eigenvalue weighted by molar-refractivity contribution is 7.95. The van der Waals surface area contributed by atoms with Crippen LogP contribution in [0.25, 0.3) is 0 Å². The Kier molecular flexibility index (Phi) is 5.00. The lowest BCUT2D eigenvalue weighted by Crippen LogP contribution is -2.30. The fraction of sp³-hybridized carbons (Fsp3) is 0.154. The van der Waals surface area contributed by atoms with Gasteiger partial charge < -0.3 is 9.15 Å². The highest BCUT2D eigenvalue weighted by Gasteiger charge is 2.26. The number of carbonyl (C=O) groups excluding carboxylic acids is 1. The summed E-state index contributed by atoms with van der Waals surface area (Å²) >= 11 is 10.9. The first-order valence-electron chi connectivity index (χ1n) is 5.94. The van der Waals surface area contributed by atoms with Crippen LogP contribution in [0.2, 0.25) is 0 Å². The SMILES string of the molecule is CN(c1ccc(OC(=O)c2ccco2)cc1)S(=O)(=O)C(Cl)Cl. The molecule has 2 aromatic rings. The van der Waals surface area contributed by atoms with E-state index in [0.29, 0.717) is 5.69 Å². The van der Waals surface area contributed by atoms with Crippen molar-refractivity contribution in [1.29, 1.82) is 0 Å². The second-order valence-electron chi connectivity index (χ2n) is 4.13. The fourth-order valence-corrected chi connectivity index (χ4v) is 2.91. The zero-order valence-electron chi connectivity index (χ0n) is 11.3. The van der Waals surface area contributed by atoms with Gasteiger partial charge in [0.15, 0.2) is 0 Å². The van der Waals surface area contributed by atoms with Crippen LogP contribution in [0.4, 0.5) is 5.69 Å². The van der Waals surface area contributed by atoms with Crippen molar-refractivity contribution in [1.82, 2.24) is 0 Å². The molecule has 1 aromatic heterocycles. The molecule has 0 N–H and O–H groups in total. The van der Waals surface area contributed by atoms with Crippen molar-refractivity contribution in [3.63, 3.8) is 0 Å². The third kappa shape index (κ3) is 3.55. The highest BCUT2D eigenvalue weighted by Crippen LogP contribution is 2.25. The Morgan fingerprint density at radius 1 is 1.23 bits per heavy atom. The minimum absolute atomic E-state index is 0.0656. The number of carbonyl (C=O) groups is 1. The average Bonchev–Trinajstić information content (AvgIpc) is 3.01. The molecule has 0 fully saturated rings. The number of anilines is 1. The summed E-state index contributed by atoms with van der Waals surface area (Å²) in [5, 5.41) is 0. The Balaban J connectivity index is 2.12. The summed E-state index contributed by atoms with van der Waals surface area (Å²) in [6.07, 6.45) is 1.36. The molecule has 9 heteroatoms. The first-order chi connectivity index (χ1) is 10.3. The number of furan rings is 1. The Morgan fingerprint density at radius 2 is 1.86 bits per heavy atom. The van der Waals surface area contributed by atoms with Crippen molar-refractivity contribution in [2.75, 3.05) is 11.4 Å². The monoisotopic (exact) mass is 363 g/mol. The number of nitrogens with zero attached hydrogens (tertiary/aromatic N) is 1. The van der Waals surface area contributed by atoms with E-state index in [0.717, 1.165) is 4.31 Å². The molecule has 1 heterocycles. The maximum atomic E-state index is 11.8. The van der Waals surface area contributed by atoms with Crippen LogP contribution in [-0.4, -0.2) is 25.6 Å². The molecule has 118 valence electrons. The van der Waals surface area contributed by atoms with Gasteiger partial charge in [-0.1, -0.05) is 23.2 Å². The van der Waals surface area contributed by atoms with E-state index in [9.17, 15) is 13.2 Å². The van der Waals surface area contributed by atoms with E-state index in [2.05, 4.69) is 0 Å². The number of esters is 1. The van der Waals surface area contributed by atoms with Gasteiger partial charge in [-0.15, -0.1) is 0 Å². The number of sulfonamides is 1. The van der Waals surface area contributed by atoms with Gasteiger partial charge in [-0.2, -0.15) is 0 Å². The topological polar surface area (TPSA) is 76.8 Å². The first-order valence-corrected chi connectivity index (χ1v) is 8.31. The van der Waals surface area contributed by atoms with Crippen LogP contribution in [0.1, 0.15) is 10.6 Å². The molecule has 0 aliphatic heterocycles. The third-order valence-electron chi connectivity index (χ3n) is 2.74. The molecular formula is C13H11Cl2NO5S. The Labute approximate surface area is 137 Å². The van der Waals surface area contributed by atoms with Gasteiger partial charge in [0.05, 0.1) is 12.0 Å². The molecule has 0 aliphatic rings. The zero-order valence-corrected chi connectivity index (χ0v) is 13.6. The van der Waals surface area contributed by atoms with E-state index < -0.39 is 20.2 Å². The van der Waals surface area contributed by atoms with E-state index in [4.69, 9.17) is 32.4 Å². The number of halogens is 2. The Hall–Kier alpha value is -1.70. The van der Waals surface area contributed by atoms with Crippen LogP contribution in [0.5, 0.6) is 5.75 Å². The predicted molar refractivity (Wildman–Crippen MR) is 82.9 cm³/mol. The molecule has 22 heavy (non-hydrogen) atoms. The summed E-state index contributed by atoms with van der Waals surface area (Å²) in [5.41, 5.74) is 0.323. The highest BCUT2D eigenvalue weighted by atomic mass is 35.5. The van der Waals surface area contributed by atoms with Crippen molar-refractivity contribution >= 4 is 44.9 Å². The number of hydrogen-bond donors (Lipinski definition) is 0. The molecule has 0 amide bonds. The number of benzene rings is 1. The molecule has 0 atom stereocenters. The summed E-state index contributed by atoms with van der Waals surface area (Å²) < 4.78 is 33.0. The van der Waals surface area contributed by atoms with Crippen molar-refractivity contribution in [2.24, 2.45) is 0 Å². The summed E-state index contributed by atoms with van der Waals surface area (Å²) in [6, 6.07) is 8.84. The summed E-state index contributed by atoms with van der Waals surface area (Å²) in [4.78, 5) is 11.7. The van der Waals surface area contributed by atoms with Crippen molar-refractivity contribution in [3.05, 3.63) is 48.4 Å². The minimum atomic E-state index is -3.86. The minimum Gasteiger partial charge on any atom is -0.457 e. The summed E-state index contributed by atoms with van der Waals surface area (Å²) in [7, 11) is -2.54. The van der Waals surface area contributed by atoms with Gasteiger partial charge in [-0.25, -0.2) is 13.2 Å². The third-order valence-corrected chi connectivity index (χ3v) is 5.52. The predicted octanol–water partition coefficient (Wildman–Crippen LogP) is 3.03. The molecule has 0 radical (unpaired) electrons. The van der Waals surface area contributed by atoms with Gasteiger partial charge in [0.2, 0.25) is 9.93 Å². The maximum Gasteiger partial charge on any atom is 0.379 e. The lowest BCUT2D eigenvalue weighted by Gasteiger charge is -2.20. The van der Waals surface area contributed by atoms with Crippen LogP contribution in [-0.2, 0) is 10.0 Å². The van der Waals surface area contributed by atoms with Gasteiger partial charge >= 0.3 is 5.97 Å². The van der Waals surface area contributed by atoms with Crippen LogP contribution >= 0.6 is 23.2 Å². The van der Waals surface area contributed by atoms with Gasteiger partial charge in [-0.05, 0) is 36.4 Å². The number of rotatable bonds is 5. The molecule has 0 bridgehead atoms. The summed E-state index contributed by atoms with van der Waals surface area (Å²) in [6.45, 7) is 0. The lowest BCUT2D eigenvalue weighted by atomic mass is 10.3. The second-order valence-corrected chi connectivity index (χ2v) is 7.80. The van der Waals surface area contributed by atoms with Crippen molar-refractivity contribution < 1.29 is 22.4 Å².